The lowest BCUT2D eigenvalue weighted by atomic mass is 10.0. The molecule has 4 nitrogen and oxygen atoms in total. The summed E-state index contributed by atoms with van der Waals surface area (Å²) in [6.45, 7) is 8.13. The smallest absolute Gasteiger partial charge is 0.243 e. The van der Waals surface area contributed by atoms with Crippen molar-refractivity contribution < 1.29 is 9.59 Å². The molecule has 0 heterocycles. The van der Waals surface area contributed by atoms with Crippen LogP contribution in [0, 0.1) is 6.92 Å². The van der Waals surface area contributed by atoms with Crippen LogP contribution in [-0.4, -0.2) is 34.0 Å². The summed E-state index contributed by atoms with van der Waals surface area (Å²) in [4.78, 5) is 29.0. The van der Waals surface area contributed by atoms with Crippen molar-refractivity contribution in [1.82, 2.24) is 10.2 Å². The molecule has 3 aromatic carbocycles. The van der Waals surface area contributed by atoms with Gasteiger partial charge in [-0.15, -0.1) is 11.8 Å². The minimum absolute atomic E-state index is 0.102. The Morgan fingerprint density at radius 2 is 1.59 bits per heavy atom. The van der Waals surface area contributed by atoms with Gasteiger partial charge in [0.05, 0.1) is 15.8 Å². The number of benzene rings is 3. The Labute approximate surface area is 234 Å². The highest BCUT2D eigenvalue weighted by Gasteiger charge is 2.32. The van der Waals surface area contributed by atoms with E-state index in [9.17, 15) is 9.59 Å². The van der Waals surface area contributed by atoms with Crippen molar-refractivity contribution in [2.45, 2.75) is 58.0 Å². The molecular formula is C30H34Cl2N2O2S. The van der Waals surface area contributed by atoms with Gasteiger partial charge in [0.2, 0.25) is 11.8 Å². The normalized spacial score (nSPS) is 12.2. The van der Waals surface area contributed by atoms with Gasteiger partial charge in [-0.1, -0.05) is 83.9 Å². The summed E-state index contributed by atoms with van der Waals surface area (Å²) in [7, 11) is 0. The van der Waals surface area contributed by atoms with Gasteiger partial charge in [0.1, 0.15) is 6.04 Å². The predicted octanol–water partition coefficient (Wildman–Crippen LogP) is 7.09. The second kappa shape index (κ2) is 13.4. The van der Waals surface area contributed by atoms with Crippen LogP contribution in [0.1, 0.15) is 43.0 Å². The number of amides is 2. The van der Waals surface area contributed by atoms with Gasteiger partial charge < -0.3 is 10.2 Å². The molecule has 37 heavy (non-hydrogen) atoms. The molecule has 0 fully saturated rings. The Kier molecular flexibility index (Phi) is 10.5. The first-order valence-corrected chi connectivity index (χ1v) is 14.2. The maximum absolute atomic E-state index is 13.7. The summed E-state index contributed by atoms with van der Waals surface area (Å²) in [5.74, 6) is 0.684. The molecule has 0 radical (unpaired) electrons. The summed E-state index contributed by atoms with van der Waals surface area (Å²) in [5.41, 5.74) is 3.75. The first kappa shape index (κ1) is 29.1. The molecule has 3 aromatic rings. The van der Waals surface area contributed by atoms with Crippen LogP contribution in [0.25, 0.3) is 0 Å². The number of hydrogen-bond donors (Lipinski definition) is 1. The third-order valence-corrected chi connectivity index (χ3v) is 7.56. The van der Waals surface area contributed by atoms with E-state index in [1.165, 1.54) is 11.1 Å². The van der Waals surface area contributed by atoms with Gasteiger partial charge in [-0.3, -0.25) is 9.59 Å². The van der Waals surface area contributed by atoms with Gasteiger partial charge in [-0.25, -0.2) is 0 Å². The van der Waals surface area contributed by atoms with Crippen molar-refractivity contribution in [3.8, 4) is 0 Å². The van der Waals surface area contributed by atoms with E-state index >= 15 is 0 Å². The number of halogens is 2. The Balaban J connectivity index is 1.90. The molecule has 196 valence electrons. The fourth-order valence-electron chi connectivity index (χ4n) is 3.94. The number of nitrogens with zero attached hydrogens (tertiary/aromatic N) is 1. The summed E-state index contributed by atoms with van der Waals surface area (Å²) in [6.07, 6.45) is 0.401. The highest BCUT2D eigenvalue weighted by Crippen LogP contribution is 2.25. The molecule has 1 N–H and O–H groups in total. The van der Waals surface area contributed by atoms with Crippen LogP contribution in [0.2, 0.25) is 10.0 Å². The first-order chi connectivity index (χ1) is 17.5. The number of nitrogens with one attached hydrogen (secondary N) is 1. The summed E-state index contributed by atoms with van der Waals surface area (Å²) in [5, 5.41) is 3.95. The fourth-order valence-corrected chi connectivity index (χ4v) is 5.25. The highest BCUT2D eigenvalue weighted by molar-refractivity contribution is 7.99. The van der Waals surface area contributed by atoms with E-state index in [0.717, 1.165) is 16.9 Å². The van der Waals surface area contributed by atoms with E-state index in [1.807, 2.05) is 69.3 Å². The molecule has 7 heteroatoms. The summed E-state index contributed by atoms with van der Waals surface area (Å²) < 4.78 is 0. The fraction of sp³-hybridized carbons (Fsp3) is 0.333. The average molecular weight is 558 g/mol. The Hall–Kier alpha value is -2.47. The van der Waals surface area contributed by atoms with Gasteiger partial charge in [0, 0.05) is 24.3 Å². The maximum Gasteiger partial charge on any atom is 0.243 e. The monoisotopic (exact) mass is 556 g/mol. The van der Waals surface area contributed by atoms with Gasteiger partial charge in [-0.2, -0.15) is 0 Å². The average Bonchev–Trinajstić information content (AvgIpc) is 2.84. The van der Waals surface area contributed by atoms with Gasteiger partial charge in [-0.05, 0) is 62.1 Å². The lowest BCUT2D eigenvalue weighted by Crippen LogP contribution is -2.54. The summed E-state index contributed by atoms with van der Waals surface area (Å²) >= 11 is 14.0. The van der Waals surface area contributed by atoms with Crippen molar-refractivity contribution in [3.63, 3.8) is 0 Å². The number of hydrogen-bond acceptors (Lipinski definition) is 3. The zero-order valence-electron chi connectivity index (χ0n) is 21.8. The van der Waals surface area contributed by atoms with Crippen LogP contribution in [0.15, 0.2) is 72.8 Å². The quantitative estimate of drug-likeness (QED) is 0.290. The standard InChI is InChI=1S/C30H34Cl2N2O2S/c1-21-10-8-9-13-24(21)19-37-20-28(35)34(18-23-14-15-25(31)26(32)16-23)27(29(36)33-30(2,3)4)17-22-11-6-5-7-12-22/h5-16,27H,17-20H2,1-4H3,(H,33,36)/t27-/m1/s1. The van der Waals surface area contributed by atoms with Crippen molar-refractivity contribution in [3.05, 3.63) is 105 Å². The molecular weight excluding hydrogens is 523 g/mol. The number of rotatable bonds is 10. The molecule has 0 aliphatic rings. The van der Waals surface area contributed by atoms with Crippen molar-refractivity contribution in [2.75, 3.05) is 5.75 Å². The van der Waals surface area contributed by atoms with E-state index < -0.39 is 11.6 Å². The summed E-state index contributed by atoms with van der Waals surface area (Å²) in [6, 6.07) is 22.6. The van der Waals surface area contributed by atoms with Crippen molar-refractivity contribution in [1.29, 1.82) is 0 Å². The first-order valence-electron chi connectivity index (χ1n) is 12.2. The van der Waals surface area contributed by atoms with E-state index in [2.05, 4.69) is 24.4 Å². The molecule has 0 aliphatic carbocycles. The predicted molar refractivity (Wildman–Crippen MR) is 156 cm³/mol. The molecule has 0 saturated heterocycles. The Bertz CT molecular complexity index is 1210. The van der Waals surface area contributed by atoms with E-state index in [4.69, 9.17) is 23.2 Å². The molecule has 0 bridgehead atoms. The minimum atomic E-state index is -0.692. The molecule has 2 amide bonds. The molecule has 3 rings (SSSR count). The topological polar surface area (TPSA) is 49.4 Å². The third-order valence-electron chi connectivity index (χ3n) is 5.85. The van der Waals surface area contributed by atoms with Crippen LogP contribution in [0.5, 0.6) is 0 Å². The molecule has 0 spiro atoms. The second-order valence-electron chi connectivity index (χ2n) is 10.1. The zero-order chi connectivity index (χ0) is 27.0. The van der Waals surface area contributed by atoms with Gasteiger partial charge in [0.15, 0.2) is 0 Å². The van der Waals surface area contributed by atoms with E-state index in [-0.39, 0.29) is 24.1 Å². The zero-order valence-corrected chi connectivity index (χ0v) is 24.1. The third kappa shape index (κ3) is 9.10. The maximum atomic E-state index is 13.7. The van der Waals surface area contributed by atoms with Crippen LogP contribution in [0.3, 0.4) is 0 Å². The molecule has 0 aliphatic heterocycles. The molecule has 1 atom stereocenters. The SMILES string of the molecule is Cc1ccccc1CSCC(=O)N(Cc1ccc(Cl)c(Cl)c1)[C@H](Cc1ccccc1)C(=O)NC(C)(C)C. The number of carbonyl (C=O) groups excluding carboxylic acids is 2. The molecule has 0 unspecified atom stereocenters. The van der Waals surface area contributed by atoms with Crippen LogP contribution >= 0.6 is 35.0 Å². The van der Waals surface area contributed by atoms with Crippen molar-refractivity contribution >= 4 is 46.8 Å². The Morgan fingerprint density at radius 3 is 2.24 bits per heavy atom. The number of carbonyl (C=O) groups is 2. The lowest BCUT2D eigenvalue weighted by molar-refractivity contribution is -0.140. The lowest BCUT2D eigenvalue weighted by Gasteiger charge is -2.34. The largest absolute Gasteiger partial charge is 0.350 e. The van der Waals surface area contributed by atoms with Crippen molar-refractivity contribution in [2.24, 2.45) is 0 Å². The van der Waals surface area contributed by atoms with E-state index in [1.54, 1.807) is 28.8 Å². The second-order valence-corrected chi connectivity index (χ2v) is 11.9. The minimum Gasteiger partial charge on any atom is -0.350 e. The molecule has 0 aromatic heterocycles. The number of aryl methyl sites for hydroxylation is 1. The highest BCUT2D eigenvalue weighted by atomic mass is 35.5. The molecule has 0 saturated carbocycles. The number of thioether (sulfide) groups is 1. The van der Waals surface area contributed by atoms with Crippen LogP contribution in [-0.2, 0) is 28.3 Å². The van der Waals surface area contributed by atoms with E-state index in [0.29, 0.717) is 16.5 Å². The van der Waals surface area contributed by atoms with Gasteiger partial charge >= 0.3 is 0 Å². The van der Waals surface area contributed by atoms with Crippen LogP contribution < -0.4 is 5.32 Å². The Morgan fingerprint density at radius 1 is 0.919 bits per heavy atom. The van der Waals surface area contributed by atoms with Crippen LogP contribution in [0.4, 0.5) is 0 Å². The van der Waals surface area contributed by atoms with Gasteiger partial charge in [0.25, 0.3) is 0 Å².